The van der Waals surface area contributed by atoms with Gasteiger partial charge in [-0.2, -0.15) is 10.1 Å². The highest BCUT2D eigenvalue weighted by Gasteiger charge is 2.38. The first-order chi connectivity index (χ1) is 15.9. The lowest BCUT2D eigenvalue weighted by molar-refractivity contribution is -0.139. The van der Waals surface area contributed by atoms with Crippen LogP contribution in [-0.4, -0.2) is 39.8 Å². The number of benzene rings is 2. The maximum Gasteiger partial charge on any atom is 0.338 e. The van der Waals surface area contributed by atoms with Crippen LogP contribution in [0.15, 0.2) is 66.1 Å². The summed E-state index contributed by atoms with van der Waals surface area (Å²) in [6.45, 7) is 5.60. The van der Waals surface area contributed by atoms with Crippen molar-refractivity contribution in [2.45, 2.75) is 26.8 Å². The number of fused-ring (bicyclic) bond motifs is 1. The number of allylic oxidation sites excluding steroid dienone is 1. The molecule has 2 aromatic carbocycles. The number of nitrogens with one attached hydrogen (secondary N) is 1. The highest BCUT2D eigenvalue weighted by Crippen LogP contribution is 2.38. The number of ether oxygens (including phenoxy) is 1. The first-order valence-corrected chi connectivity index (χ1v) is 10.9. The van der Waals surface area contributed by atoms with Gasteiger partial charge < -0.3 is 15.0 Å². The van der Waals surface area contributed by atoms with Crippen molar-refractivity contribution in [3.8, 4) is 0 Å². The molecule has 1 N–H and O–H groups in total. The minimum absolute atomic E-state index is 0.0690. The fourth-order valence-electron chi connectivity index (χ4n) is 3.85. The Morgan fingerprint density at radius 2 is 1.91 bits per heavy atom. The molecule has 8 nitrogen and oxygen atoms in total. The normalized spacial score (nSPS) is 15.3. The molecule has 0 aliphatic carbocycles. The van der Waals surface area contributed by atoms with Crippen molar-refractivity contribution in [2.75, 3.05) is 23.4 Å². The lowest BCUT2D eigenvalue weighted by Gasteiger charge is -2.35. The molecule has 1 aromatic heterocycles. The van der Waals surface area contributed by atoms with Crippen LogP contribution >= 0.6 is 11.6 Å². The average molecular weight is 466 g/mol. The topological polar surface area (TPSA) is 89.3 Å². The molecule has 0 unspecified atom stereocenters. The van der Waals surface area contributed by atoms with E-state index in [1.165, 1.54) is 6.33 Å². The van der Waals surface area contributed by atoms with Crippen molar-refractivity contribution in [3.63, 3.8) is 0 Å². The number of aromatic nitrogens is 3. The van der Waals surface area contributed by atoms with E-state index in [-0.39, 0.29) is 19.1 Å². The second kappa shape index (κ2) is 9.46. The Labute approximate surface area is 196 Å². The van der Waals surface area contributed by atoms with Crippen LogP contribution in [-0.2, 0) is 14.3 Å². The van der Waals surface area contributed by atoms with Gasteiger partial charge in [0.1, 0.15) is 18.9 Å². The van der Waals surface area contributed by atoms with E-state index < -0.39 is 12.0 Å². The Kier molecular flexibility index (Phi) is 6.46. The Hall–Kier alpha value is -3.65. The molecule has 9 heteroatoms. The summed E-state index contributed by atoms with van der Waals surface area (Å²) in [5.74, 6) is -0.280. The van der Waals surface area contributed by atoms with E-state index in [2.05, 4.69) is 15.4 Å². The monoisotopic (exact) mass is 465 g/mol. The standard InChI is InChI=1S/C24H24ClN5O3/c1-4-33-23(32)21-16(3)29(13-20(31)28-18-11-10-15(2)19(25)12-18)24-26-14-27-30(24)22(21)17-8-6-5-7-9-17/h5-12,14,22H,4,13H2,1-3H3,(H,28,31)/t22-/m0/s1. The lowest BCUT2D eigenvalue weighted by atomic mass is 9.95. The Morgan fingerprint density at radius 1 is 1.15 bits per heavy atom. The van der Waals surface area contributed by atoms with Gasteiger partial charge in [0.15, 0.2) is 0 Å². The van der Waals surface area contributed by atoms with E-state index in [1.54, 1.807) is 35.6 Å². The van der Waals surface area contributed by atoms with Crippen molar-refractivity contribution in [3.05, 3.63) is 82.3 Å². The number of aryl methyl sites for hydroxylation is 1. The number of anilines is 2. The van der Waals surface area contributed by atoms with E-state index in [0.29, 0.717) is 27.9 Å². The molecule has 1 atom stereocenters. The Bertz CT molecular complexity index is 1220. The highest BCUT2D eigenvalue weighted by molar-refractivity contribution is 6.31. The summed E-state index contributed by atoms with van der Waals surface area (Å²) in [6.07, 6.45) is 1.41. The predicted octanol–water partition coefficient (Wildman–Crippen LogP) is 4.13. The van der Waals surface area contributed by atoms with Gasteiger partial charge in [-0.15, -0.1) is 0 Å². The predicted molar refractivity (Wildman–Crippen MR) is 126 cm³/mol. The number of rotatable bonds is 6. The van der Waals surface area contributed by atoms with Crippen molar-refractivity contribution >= 4 is 35.1 Å². The summed E-state index contributed by atoms with van der Waals surface area (Å²) in [4.78, 5) is 32.0. The smallest absolute Gasteiger partial charge is 0.338 e. The summed E-state index contributed by atoms with van der Waals surface area (Å²) in [5.41, 5.74) is 3.37. The van der Waals surface area contributed by atoms with Crippen LogP contribution in [0.1, 0.15) is 31.0 Å². The third-order valence-electron chi connectivity index (χ3n) is 5.48. The molecule has 33 heavy (non-hydrogen) atoms. The maximum atomic E-state index is 13.0. The third kappa shape index (κ3) is 4.47. The van der Waals surface area contributed by atoms with Crippen LogP contribution in [0.5, 0.6) is 0 Å². The van der Waals surface area contributed by atoms with Gasteiger partial charge in [0, 0.05) is 16.4 Å². The van der Waals surface area contributed by atoms with Crippen molar-refractivity contribution < 1.29 is 14.3 Å². The van der Waals surface area contributed by atoms with Crippen LogP contribution in [0.25, 0.3) is 0 Å². The van der Waals surface area contributed by atoms with Gasteiger partial charge in [-0.1, -0.05) is 48.0 Å². The molecule has 0 fully saturated rings. The molecule has 2 heterocycles. The Balaban J connectivity index is 1.70. The minimum Gasteiger partial charge on any atom is -0.463 e. The number of hydrogen-bond donors (Lipinski definition) is 1. The third-order valence-corrected chi connectivity index (χ3v) is 5.88. The number of halogens is 1. The zero-order chi connectivity index (χ0) is 23.5. The summed E-state index contributed by atoms with van der Waals surface area (Å²) >= 11 is 6.18. The molecule has 0 saturated carbocycles. The van der Waals surface area contributed by atoms with Gasteiger partial charge in [0.2, 0.25) is 11.9 Å². The highest BCUT2D eigenvalue weighted by atomic mass is 35.5. The van der Waals surface area contributed by atoms with Gasteiger partial charge in [-0.05, 0) is 44.0 Å². The minimum atomic E-state index is -0.516. The molecule has 0 bridgehead atoms. The van der Waals surface area contributed by atoms with Crippen LogP contribution in [0.3, 0.4) is 0 Å². The SMILES string of the molecule is CCOC(=O)C1=C(C)N(CC(=O)Nc2ccc(C)c(Cl)c2)c2ncnn2[C@H]1c1ccccc1. The molecule has 1 aliphatic rings. The van der Waals surface area contributed by atoms with Crippen LogP contribution in [0, 0.1) is 6.92 Å². The zero-order valence-corrected chi connectivity index (χ0v) is 19.3. The second-order valence-corrected chi connectivity index (χ2v) is 8.04. The molecule has 0 spiro atoms. The molecule has 4 rings (SSSR count). The first-order valence-electron chi connectivity index (χ1n) is 10.6. The zero-order valence-electron chi connectivity index (χ0n) is 18.6. The number of amides is 1. The number of carbonyl (C=O) groups excluding carboxylic acids is 2. The van der Waals surface area contributed by atoms with E-state index >= 15 is 0 Å². The van der Waals surface area contributed by atoms with Crippen LogP contribution in [0.4, 0.5) is 11.6 Å². The summed E-state index contributed by atoms with van der Waals surface area (Å²) in [6, 6.07) is 14.4. The summed E-state index contributed by atoms with van der Waals surface area (Å²) in [7, 11) is 0. The number of esters is 1. The van der Waals surface area contributed by atoms with Gasteiger partial charge >= 0.3 is 5.97 Å². The van der Waals surface area contributed by atoms with Crippen LogP contribution < -0.4 is 10.2 Å². The number of nitrogens with zero attached hydrogens (tertiary/aromatic N) is 4. The largest absolute Gasteiger partial charge is 0.463 e. The van der Waals surface area contributed by atoms with Gasteiger partial charge in [0.25, 0.3) is 0 Å². The van der Waals surface area contributed by atoms with Crippen LogP contribution in [0.2, 0.25) is 5.02 Å². The molecular weight excluding hydrogens is 442 g/mol. The fraction of sp³-hybridized carbons (Fsp3) is 0.250. The van der Waals surface area contributed by atoms with E-state index in [4.69, 9.17) is 16.3 Å². The number of hydrogen-bond acceptors (Lipinski definition) is 6. The lowest BCUT2D eigenvalue weighted by Crippen LogP contribution is -2.40. The Morgan fingerprint density at radius 3 is 2.61 bits per heavy atom. The fourth-order valence-corrected chi connectivity index (χ4v) is 4.03. The average Bonchev–Trinajstić information content (AvgIpc) is 3.28. The first kappa shape index (κ1) is 22.5. The van der Waals surface area contributed by atoms with Crippen molar-refractivity contribution in [2.24, 2.45) is 0 Å². The molecule has 170 valence electrons. The molecule has 0 saturated heterocycles. The van der Waals surface area contributed by atoms with E-state index in [1.807, 2.05) is 43.3 Å². The van der Waals surface area contributed by atoms with Gasteiger partial charge in [0.05, 0.1) is 12.2 Å². The van der Waals surface area contributed by atoms with Gasteiger partial charge in [-0.25, -0.2) is 9.48 Å². The van der Waals surface area contributed by atoms with Crippen molar-refractivity contribution in [1.29, 1.82) is 0 Å². The molecular formula is C24H24ClN5O3. The summed E-state index contributed by atoms with van der Waals surface area (Å²) in [5, 5.41) is 7.80. The molecule has 1 aliphatic heterocycles. The van der Waals surface area contributed by atoms with E-state index in [9.17, 15) is 9.59 Å². The molecule has 3 aromatic rings. The molecule has 1 amide bonds. The maximum absolute atomic E-state index is 13.0. The summed E-state index contributed by atoms with van der Waals surface area (Å²) < 4.78 is 7.01. The van der Waals surface area contributed by atoms with Gasteiger partial charge in [-0.3, -0.25) is 4.79 Å². The second-order valence-electron chi connectivity index (χ2n) is 7.64. The quantitative estimate of drug-likeness (QED) is 0.551. The van der Waals surface area contributed by atoms with Crippen molar-refractivity contribution in [1.82, 2.24) is 14.8 Å². The molecule has 0 radical (unpaired) electrons. The number of carbonyl (C=O) groups is 2. The van der Waals surface area contributed by atoms with E-state index in [0.717, 1.165) is 11.1 Å².